The van der Waals surface area contributed by atoms with E-state index in [-0.39, 0.29) is 0 Å². The number of nitrogens with zero attached hydrogens (tertiary/aromatic N) is 1. The molecule has 2 nitrogen and oxygen atoms in total. The summed E-state index contributed by atoms with van der Waals surface area (Å²) in [5.41, 5.74) is 0. The lowest BCUT2D eigenvalue weighted by Gasteiger charge is -2.35. The van der Waals surface area contributed by atoms with Crippen LogP contribution in [0.2, 0.25) is 0 Å². The Hall–Kier alpha value is -0.0800. The minimum atomic E-state index is 0.680. The van der Waals surface area contributed by atoms with Crippen molar-refractivity contribution in [2.24, 2.45) is 11.8 Å². The Morgan fingerprint density at radius 1 is 1.22 bits per heavy atom. The largest absolute Gasteiger partial charge is 0.312 e. The minimum absolute atomic E-state index is 0.680. The molecule has 0 aliphatic heterocycles. The van der Waals surface area contributed by atoms with Gasteiger partial charge in [-0.2, -0.15) is 0 Å². The van der Waals surface area contributed by atoms with Crippen LogP contribution in [0.5, 0.6) is 0 Å². The molecule has 4 unspecified atom stereocenters. The maximum Gasteiger partial charge on any atom is 0.0243 e. The molecule has 0 radical (unpaired) electrons. The summed E-state index contributed by atoms with van der Waals surface area (Å²) in [6.45, 7) is 11.7. The third-order valence-corrected chi connectivity index (χ3v) is 4.50. The normalized spacial score (nSPS) is 26.3. The van der Waals surface area contributed by atoms with Gasteiger partial charge in [0.15, 0.2) is 0 Å². The molecule has 1 rings (SSSR count). The number of rotatable bonds is 10. The minimum Gasteiger partial charge on any atom is -0.312 e. The van der Waals surface area contributed by atoms with Gasteiger partial charge in [-0.3, -0.25) is 0 Å². The quantitative estimate of drug-likeness (QED) is 0.642. The fourth-order valence-electron chi connectivity index (χ4n) is 3.13. The van der Waals surface area contributed by atoms with Gasteiger partial charge in [-0.05, 0) is 51.1 Å². The van der Waals surface area contributed by atoms with Crippen molar-refractivity contribution in [1.29, 1.82) is 0 Å². The van der Waals surface area contributed by atoms with Crippen molar-refractivity contribution in [3.8, 4) is 0 Å². The molecule has 0 aromatic heterocycles. The summed E-state index contributed by atoms with van der Waals surface area (Å²) < 4.78 is 0. The molecular weight excluding hydrogens is 220 g/mol. The van der Waals surface area contributed by atoms with Gasteiger partial charge < -0.3 is 10.2 Å². The zero-order chi connectivity index (χ0) is 13.5. The van der Waals surface area contributed by atoms with Crippen LogP contribution < -0.4 is 5.32 Å². The van der Waals surface area contributed by atoms with Gasteiger partial charge in [0.2, 0.25) is 0 Å². The molecule has 18 heavy (non-hydrogen) atoms. The molecule has 1 saturated carbocycles. The Bertz CT molecular complexity index is 217. The Morgan fingerprint density at radius 2 is 1.89 bits per heavy atom. The summed E-state index contributed by atoms with van der Waals surface area (Å²) in [5, 5.41) is 3.77. The average molecular weight is 254 g/mol. The Morgan fingerprint density at radius 3 is 2.33 bits per heavy atom. The maximum absolute atomic E-state index is 3.77. The second-order valence-corrected chi connectivity index (χ2v) is 6.24. The van der Waals surface area contributed by atoms with E-state index in [2.05, 4.69) is 45.0 Å². The molecule has 0 bridgehead atoms. The van der Waals surface area contributed by atoms with Crippen molar-refractivity contribution < 1.29 is 0 Å². The molecule has 0 heterocycles. The Kier molecular flexibility index (Phi) is 7.25. The number of hydrogen-bond acceptors (Lipinski definition) is 2. The van der Waals surface area contributed by atoms with Crippen molar-refractivity contribution in [2.45, 2.75) is 71.9 Å². The average Bonchev–Trinajstić information content (AvgIpc) is 3.02. The summed E-state index contributed by atoms with van der Waals surface area (Å²) in [6, 6.07) is 1.39. The van der Waals surface area contributed by atoms with Crippen LogP contribution in [-0.2, 0) is 0 Å². The first-order chi connectivity index (χ1) is 8.63. The van der Waals surface area contributed by atoms with Crippen LogP contribution in [0, 0.1) is 11.8 Å². The van der Waals surface area contributed by atoms with Gasteiger partial charge in [-0.25, -0.2) is 0 Å². The zero-order valence-corrected chi connectivity index (χ0v) is 13.2. The van der Waals surface area contributed by atoms with Gasteiger partial charge in [0.05, 0.1) is 0 Å². The lowest BCUT2D eigenvalue weighted by atomic mass is 9.99. The van der Waals surface area contributed by atoms with Gasteiger partial charge >= 0.3 is 0 Å². The number of hydrogen-bond donors (Lipinski definition) is 1. The molecule has 0 spiro atoms. The summed E-state index contributed by atoms with van der Waals surface area (Å²) in [6.07, 6.45) is 6.54. The van der Waals surface area contributed by atoms with Gasteiger partial charge in [-0.1, -0.05) is 34.1 Å². The van der Waals surface area contributed by atoms with E-state index in [0.29, 0.717) is 12.1 Å². The number of nitrogens with one attached hydrogen (secondary N) is 1. The van der Waals surface area contributed by atoms with Crippen molar-refractivity contribution in [3.05, 3.63) is 0 Å². The highest BCUT2D eigenvalue weighted by Gasteiger charge is 2.35. The zero-order valence-electron chi connectivity index (χ0n) is 13.2. The smallest absolute Gasteiger partial charge is 0.0243 e. The van der Waals surface area contributed by atoms with Crippen LogP contribution in [0.3, 0.4) is 0 Å². The molecule has 1 N–H and O–H groups in total. The van der Waals surface area contributed by atoms with Crippen molar-refractivity contribution >= 4 is 0 Å². The van der Waals surface area contributed by atoms with E-state index < -0.39 is 0 Å². The molecule has 1 aliphatic carbocycles. The molecule has 0 aromatic rings. The SMILES string of the molecule is CCCNC(CCC)C(CC)N(C)CC1CC1C. The van der Waals surface area contributed by atoms with E-state index in [0.717, 1.165) is 18.4 Å². The summed E-state index contributed by atoms with van der Waals surface area (Å²) in [7, 11) is 2.33. The molecule has 1 fully saturated rings. The lowest BCUT2D eigenvalue weighted by Crippen LogP contribution is -2.49. The molecular formula is C16H34N2. The van der Waals surface area contributed by atoms with Crippen molar-refractivity contribution in [1.82, 2.24) is 10.2 Å². The number of likely N-dealkylation sites (N-methyl/N-ethyl adjacent to an activating group) is 1. The molecule has 0 amide bonds. The predicted octanol–water partition coefficient (Wildman–Crippen LogP) is 3.52. The highest BCUT2D eigenvalue weighted by Crippen LogP contribution is 2.38. The van der Waals surface area contributed by atoms with Crippen molar-refractivity contribution in [3.63, 3.8) is 0 Å². The molecule has 2 heteroatoms. The van der Waals surface area contributed by atoms with E-state index >= 15 is 0 Å². The van der Waals surface area contributed by atoms with E-state index in [1.165, 1.54) is 38.6 Å². The second kappa shape index (κ2) is 8.16. The Labute approximate surface area is 115 Å². The fraction of sp³-hybridized carbons (Fsp3) is 1.00. The van der Waals surface area contributed by atoms with Gasteiger partial charge in [0.1, 0.15) is 0 Å². The predicted molar refractivity (Wildman–Crippen MR) is 81.0 cm³/mol. The summed E-state index contributed by atoms with van der Waals surface area (Å²) in [4.78, 5) is 2.62. The maximum atomic E-state index is 3.77. The van der Waals surface area contributed by atoms with Gasteiger partial charge in [0.25, 0.3) is 0 Å². The first kappa shape index (κ1) is 16.0. The van der Waals surface area contributed by atoms with Crippen molar-refractivity contribution in [2.75, 3.05) is 20.1 Å². The molecule has 1 aliphatic rings. The Balaban J connectivity index is 2.46. The van der Waals surface area contributed by atoms with E-state index in [9.17, 15) is 0 Å². The summed E-state index contributed by atoms with van der Waals surface area (Å²) >= 11 is 0. The van der Waals surface area contributed by atoms with Crippen LogP contribution >= 0.6 is 0 Å². The summed E-state index contributed by atoms with van der Waals surface area (Å²) in [5.74, 6) is 1.94. The first-order valence-electron chi connectivity index (χ1n) is 8.07. The highest BCUT2D eigenvalue weighted by molar-refractivity contribution is 4.89. The highest BCUT2D eigenvalue weighted by atomic mass is 15.2. The van der Waals surface area contributed by atoms with Crippen LogP contribution in [0.25, 0.3) is 0 Å². The van der Waals surface area contributed by atoms with Crippen LogP contribution in [0.15, 0.2) is 0 Å². The molecule has 0 saturated heterocycles. The molecule has 4 atom stereocenters. The second-order valence-electron chi connectivity index (χ2n) is 6.24. The monoisotopic (exact) mass is 254 g/mol. The van der Waals surface area contributed by atoms with Crippen LogP contribution in [0.1, 0.15) is 59.8 Å². The molecule has 0 aromatic carbocycles. The first-order valence-corrected chi connectivity index (χ1v) is 8.07. The van der Waals surface area contributed by atoms with E-state index in [1.54, 1.807) is 0 Å². The lowest BCUT2D eigenvalue weighted by molar-refractivity contribution is 0.171. The van der Waals surface area contributed by atoms with Crippen LogP contribution in [-0.4, -0.2) is 37.1 Å². The van der Waals surface area contributed by atoms with Gasteiger partial charge in [0, 0.05) is 18.6 Å². The van der Waals surface area contributed by atoms with E-state index in [1.807, 2.05) is 0 Å². The third-order valence-electron chi connectivity index (χ3n) is 4.50. The van der Waals surface area contributed by atoms with E-state index in [4.69, 9.17) is 0 Å². The third kappa shape index (κ3) is 4.89. The topological polar surface area (TPSA) is 15.3 Å². The standard InChI is InChI=1S/C16H34N2/c1-6-9-15(17-10-7-2)16(8-3)18(5)12-14-11-13(14)4/h13-17H,6-12H2,1-5H3. The van der Waals surface area contributed by atoms with Crippen LogP contribution in [0.4, 0.5) is 0 Å². The molecule has 108 valence electrons. The fourth-order valence-corrected chi connectivity index (χ4v) is 3.13. The van der Waals surface area contributed by atoms with Gasteiger partial charge in [-0.15, -0.1) is 0 Å².